The predicted molar refractivity (Wildman–Crippen MR) is 188 cm³/mol. The number of ether oxygens (including phenoxy) is 5. The van der Waals surface area contributed by atoms with Gasteiger partial charge in [-0.2, -0.15) is 0 Å². The summed E-state index contributed by atoms with van der Waals surface area (Å²) in [5, 5.41) is 0. The van der Waals surface area contributed by atoms with Crippen molar-refractivity contribution in [3.8, 4) is 23.0 Å². The fourth-order valence-electron chi connectivity index (χ4n) is 4.74. The Labute approximate surface area is 291 Å². The number of sulfone groups is 2. The van der Waals surface area contributed by atoms with Crippen molar-refractivity contribution in [3.05, 3.63) is 97.1 Å². The van der Waals surface area contributed by atoms with Crippen molar-refractivity contribution >= 4 is 19.7 Å². The minimum atomic E-state index is -3.64. The monoisotopic (exact) mass is 710 g/mol. The van der Waals surface area contributed by atoms with Gasteiger partial charge in [0.25, 0.3) is 0 Å². The van der Waals surface area contributed by atoms with Crippen molar-refractivity contribution in [2.75, 3.05) is 26.4 Å². The molecule has 264 valence electrons. The number of benzene rings is 4. The molecule has 0 aromatic heterocycles. The molecule has 0 spiro atoms. The van der Waals surface area contributed by atoms with E-state index in [1.54, 1.807) is 97.1 Å². The van der Waals surface area contributed by atoms with Crippen LogP contribution in [-0.4, -0.2) is 55.5 Å². The highest BCUT2D eigenvalue weighted by Gasteiger charge is 2.19. The molecule has 4 aromatic carbocycles. The zero-order chi connectivity index (χ0) is 35.3. The molecule has 0 saturated carbocycles. The Morgan fingerprint density at radius 3 is 0.959 bits per heavy atom. The number of unbranched alkanes of at least 4 members (excludes halogenated alkanes) is 2. The Morgan fingerprint density at radius 2 is 0.673 bits per heavy atom. The zero-order valence-corrected chi connectivity index (χ0v) is 30.2. The van der Waals surface area contributed by atoms with Gasteiger partial charge >= 0.3 is 0 Å². The Bertz CT molecular complexity index is 1650. The molecule has 0 radical (unpaired) electrons. The first-order valence-electron chi connectivity index (χ1n) is 16.5. The molecule has 4 rings (SSSR count). The highest BCUT2D eigenvalue weighted by molar-refractivity contribution is 7.91. The maximum atomic E-state index is 13.0. The van der Waals surface area contributed by atoms with Gasteiger partial charge in [0, 0.05) is 13.2 Å². The summed E-state index contributed by atoms with van der Waals surface area (Å²) in [5.41, 5.74) is 0. The summed E-state index contributed by atoms with van der Waals surface area (Å²) >= 11 is 0. The van der Waals surface area contributed by atoms with Gasteiger partial charge in [0.15, 0.2) is 0 Å². The van der Waals surface area contributed by atoms with E-state index in [1.165, 1.54) is 0 Å². The minimum absolute atomic E-state index is 0.0105. The quantitative estimate of drug-likeness (QED) is 0.0843. The van der Waals surface area contributed by atoms with Crippen molar-refractivity contribution in [1.82, 2.24) is 0 Å². The van der Waals surface area contributed by atoms with Gasteiger partial charge in [-0.25, -0.2) is 16.8 Å². The highest BCUT2D eigenvalue weighted by atomic mass is 32.2. The van der Waals surface area contributed by atoms with Crippen LogP contribution in [0.5, 0.6) is 23.0 Å². The van der Waals surface area contributed by atoms with Gasteiger partial charge in [-0.3, -0.25) is 0 Å². The van der Waals surface area contributed by atoms with Crippen LogP contribution >= 0.6 is 0 Å². The van der Waals surface area contributed by atoms with E-state index in [0.717, 1.165) is 25.7 Å². The molecule has 0 aliphatic rings. The molecule has 0 N–H and O–H groups in total. The highest BCUT2D eigenvalue weighted by Crippen LogP contribution is 2.27. The van der Waals surface area contributed by atoms with Crippen LogP contribution in [0.15, 0.2) is 117 Å². The fraction of sp³-hybridized carbons (Fsp3) is 0.368. The molecule has 4 aromatic rings. The molecule has 0 bridgehead atoms. The van der Waals surface area contributed by atoms with E-state index < -0.39 is 19.7 Å². The van der Waals surface area contributed by atoms with E-state index in [4.69, 9.17) is 23.7 Å². The average Bonchev–Trinajstić information content (AvgIpc) is 3.07. The first-order chi connectivity index (χ1) is 23.4. The Morgan fingerprint density at radius 1 is 0.408 bits per heavy atom. The van der Waals surface area contributed by atoms with Crippen LogP contribution in [0, 0.1) is 0 Å². The summed E-state index contributed by atoms with van der Waals surface area (Å²) < 4.78 is 80.4. The van der Waals surface area contributed by atoms with E-state index in [-0.39, 0.29) is 31.8 Å². The topological polar surface area (TPSA) is 114 Å². The molecule has 0 aliphatic heterocycles. The van der Waals surface area contributed by atoms with Gasteiger partial charge < -0.3 is 23.7 Å². The third-order valence-electron chi connectivity index (χ3n) is 7.18. The lowest BCUT2D eigenvalue weighted by atomic mass is 10.3. The molecular formula is C38H46O9S2. The minimum Gasteiger partial charge on any atom is -0.494 e. The van der Waals surface area contributed by atoms with Gasteiger partial charge in [-0.15, -0.1) is 0 Å². The molecule has 11 heteroatoms. The van der Waals surface area contributed by atoms with Gasteiger partial charge in [0.1, 0.15) is 23.0 Å². The predicted octanol–water partition coefficient (Wildman–Crippen LogP) is 7.96. The first kappa shape index (κ1) is 37.8. The third-order valence-corrected chi connectivity index (χ3v) is 10.8. The largest absolute Gasteiger partial charge is 0.494 e. The third kappa shape index (κ3) is 11.5. The van der Waals surface area contributed by atoms with E-state index in [0.29, 0.717) is 49.4 Å². The maximum absolute atomic E-state index is 13.0. The molecule has 0 saturated heterocycles. The molecular weight excluding hydrogens is 665 g/mol. The van der Waals surface area contributed by atoms with E-state index >= 15 is 0 Å². The van der Waals surface area contributed by atoms with E-state index in [1.807, 2.05) is 27.7 Å². The molecule has 0 fully saturated rings. The van der Waals surface area contributed by atoms with Crippen LogP contribution in [0.25, 0.3) is 0 Å². The number of hydrogen-bond acceptors (Lipinski definition) is 9. The first-order valence-corrected chi connectivity index (χ1v) is 19.5. The smallest absolute Gasteiger partial charge is 0.206 e. The average molecular weight is 711 g/mol. The molecule has 49 heavy (non-hydrogen) atoms. The van der Waals surface area contributed by atoms with Crippen molar-refractivity contribution in [1.29, 1.82) is 0 Å². The van der Waals surface area contributed by atoms with Gasteiger partial charge in [-0.1, -0.05) is 0 Å². The molecule has 0 unspecified atom stereocenters. The maximum Gasteiger partial charge on any atom is 0.206 e. The van der Waals surface area contributed by atoms with Gasteiger partial charge in [0.2, 0.25) is 19.7 Å². The van der Waals surface area contributed by atoms with Crippen molar-refractivity contribution < 1.29 is 40.5 Å². The zero-order valence-electron chi connectivity index (χ0n) is 28.5. The molecule has 0 amide bonds. The molecule has 0 atom stereocenters. The second kappa shape index (κ2) is 18.1. The van der Waals surface area contributed by atoms with Crippen LogP contribution in [-0.2, 0) is 24.4 Å². The second-order valence-corrected chi connectivity index (χ2v) is 15.8. The van der Waals surface area contributed by atoms with Crippen LogP contribution < -0.4 is 18.9 Å². The fourth-order valence-corrected chi connectivity index (χ4v) is 7.26. The number of rotatable bonds is 20. The van der Waals surface area contributed by atoms with E-state index in [9.17, 15) is 16.8 Å². The lowest BCUT2D eigenvalue weighted by Gasteiger charge is -2.11. The lowest BCUT2D eigenvalue weighted by Crippen LogP contribution is -2.06. The summed E-state index contributed by atoms with van der Waals surface area (Å²) in [6, 6.07) is 25.8. The van der Waals surface area contributed by atoms with Gasteiger partial charge in [-0.05, 0) is 150 Å². The Hall–Kier alpha value is -4.06. The second-order valence-electron chi connectivity index (χ2n) is 11.9. The van der Waals surface area contributed by atoms with Crippen LogP contribution in [0.3, 0.4) is 0 Å². The Balaban J connectivity index is 1.06. The SMILES string of the molecule is CC(C)Oc1ccc(S(=O)(=O)c2ccc(OCCCCOCCCCOc3ccc(S(=O)(=O)c4ccc(OC(C)C)cc4)cc3)cc2)cc1. The van der Waals surface area contributed by atoms with E-state index in [2.05, 4.69) is 0 Å². The number of hydrogen-bond donors (Lipinski definition) is 0. The van der Waals surface area contributed by atoms with Crippen LogP contribution in [0.4, 0.5) is 0 Å². The standard InChI is InChI=1S/C38H46O9S2/c1-29(2)46-33-13-21-37(22-14-33)48(39,40)35-17-9-31(10-18-35)44-27-7-5-25-43-26-6-8-28-45-32-11-19-36(20-12-32)49(41,42)38-23-15-34(16-24-38)47-30(3)4/h9-24,29-30H,5-8,25-28H2,1-4H3. The van der Waals surface area contributed by atoms with Crippen molar-refractivity contribution in [2.45, 2.75) is 85.2 Å². The molecule has 0 aliphatic carbocycles. The van der Waals surface area contributed by atoms with Gasteiger partial charge in [0.05, 0.1) is 45.0 Å². The summed E-state index contributed by atoms with van der Waals surface area (Å²) in [6.45, 7) is 9.89. The normalized spacial score (nSPS) is 11.9. The summed E-state index contributed by atoms with van der Waals surface area (Å²) in [7, 11) is -7.27. The van der Waals surface area contributed by atoms with Crippen LogP contribution in [0.1, 0.15) is 53.4 Å². The Kier molecular flexibility index (Phi) is 13.9. The molecule has 9 nitrogen and oxygen atoms in total. The summed E-state index contributed by atoms with van der Waals surface area (Å²) in [5.74, 6) is 2.47. The van der Waals surface area contributed by atoms with Crippen LogP contribution in [0.2, 0.25) is 0 Å². The molecule has 0 heterocycles. The van der Waals surface area contributed by atoms with Crippen molar-refractivity contribution in [2.24, 2.45) is 0 Å². The lowest BCUT2D eigenvalue weighted by molar-refractivity contribution is 0.119. The summed E-state index contributed by atoms with van der Waals surface area (Å²) in [6.07, 6.45) is 3.30. The summed E-state index contributed by atoms with van der Waals surface area (Å²) in [4.78, 5) is 0.827. The van der Waals surface area contributed by atoms with Crippen molar-refractivity contribution in [3.63, 3.8) is 0 Å².